The molecular weight excluding hydrogens is 309 g/mol. The zero-order valence-corrected chi connectivity index (χ0v) is 13.3. The third kappa shape index (κ3) is 3.51. The highest BCUT2D eigenvalue weighted by Crippen LogP contribution is 2.26. The average Bonchev–Trinajstić information content (AvgIpc) is 2.97. The van der Waals surface area contributed by atoms with Crippen molar-refractivity contribution in [3.05, 3.63) is 78.6 Å². The van der Waals surface area contributed by atoms with Crippen LogP contribution in [-0.4, -0.2) is 20.5 Å². The van der Waals surface area contributed by atoms with Crippen LogP contribution < -0.4 is 0 Å². The minimum atomic E-state index is -0.297. The lowest BCUT2D eigenvalue weighted by Crippen LogP contribution is -2.05. The third-order valence-corrected chi connectivity index (χ3v) is 4.31. The molecule has 116 valence electrons. The van der Waals surface area contributed by atoms with E-state index in [4.69, 9.17) is 0 Å². The van der Waals surface area contributed by atoms with Gasteiger partial charge in [-0.1, -0.05) is 60.3 Å². The minimum Gasteiger partial charge on any atom is -0.297 e. The quantitative estimate of drug-likeness (QED) is 0.497. The lowest BCUT2D eigenvalue weighted by molar-refractivity contribution is 0.626. The van der Waals surface area contributed by atoms with Crippen molar-refractivity contribution in [2.45, 2.75) is 11.7 Å². The molecule has 0 saturated heterocycles. The second kappa shape index (κ2) is 7.24. The molecule has 3 rings (SSSR count). The van der Waals surface area contributed by atoms with Gasteiger partial charge < -0.3 is 0 Å². The van der Waals surface area contributed by atoms with E-state index in [1.54, 1.807) is 18.2 Å². The van der Waals surface area contributed by atoms with Crippen LogP contribution >= 0.6 is 11.8 Å². The predicted octanol–water partition coefficient (Wildman–Crippen LogP) is 4.41. The maximum atomic E-state index is 14.2. The van der Waals surface area contributed by atoms with Gasteiger partial charge in [0.2, 0.25) is 0 Å². The Bertz CT molecular complexity index is 799. The molecule has 0 spiro atoms. The van der Waals surface area contributed by atoms with Crippen molar-refractivity contribution in [3.8, 4) is 11.4 Å². The van der Waals surface area contributed by atoms with Crippen LogP contribution in [0.15, 0.2) is 72.4 Å². The first-order valence-electron chi connectivity index (χ1n) is 7.25. The Labute approximate surface area is 138 Å². The van der Waals surface area contributed by atoms with Crippen LogP contribution in [0.4, 0.5) is 4.39 Å². The fourth-order valence-electron chi connectivity index (χ4n) is 2.28. The summed E-state index contributed by atoms with van der Waals surface area (Å²) in [5.74, 6) is 0.970. The SMILES string of the molecule is C=CCSc1nnc(-c2ccccc2F)n1Cc1ccccc1. The van der Waals surface area contributed by atoms with Crippen molar-refractivity contribution in [2.24, 2.45) is 0 Å². The van der Waals surface area contributed by atoms with Gasteiger partial charge >= 0.3 is 0 Å². The van der Waals surface area contributed by atoms with Gasteiger partial charge in [0.15, 0.2) is 11.0 Å². The fourth-order valence-corrected chi connectivity index (χ4v) is 2.95. The molecule has 3 aromatic rings. The van der Waals surface area contributed by atoms with Crippen LogP contribution in [0.3, 0.4) is 0 Å². The van der Waals surface area contributed by atoms with Gasteiger partial charge in [0.25, 0.3) is 0 Å². The van der Waals surface area contributed by atoms with Crippen molar-refractivity contribution in [1.29, 1.82) is 0 Å². The summed E-state index contributed by atoms with van der Waals surface area (Å²) < 4.78 is 16.1. The summed E-state index contributed by atoms with van der Waals surface area (Å²) in [4.78, 5) is 0. The van der Waals surface area contributed by atoms with Gasteiger partial charge in [-0.05, 0) is 17.7 Å². The Balaban J connectivity index is 2.04. The fraction of sp³-hybridized carbons (Fsp3) is 0.111. The number of halogens is 1. The van der Waals surface area contributed by atoms with Crippen molar-refractivity contribution in [2.75, 3.05) is 5.75 Å². The highest BCUT2D eigenvalue weighted by Gasteiger charge is 2.17. The normalized spacial score (nSPS) is 10.7. The third-order valence-electron chi connectivity index (χ3n) is 3.35. The highest BCUT2D eigenvalue weighted by molar-refractivity contribution is 7.99. The van der Waals surface area contributed by atoms with Gasteiger partial charge in [0, 0.05) is 5.75 Å². The van der Waals surface area contributed by atoms with Gasteiger partial charge in [-0.15, -0.1) is 16.8 Å². The van der Waals surface area contributed by atoms with Gasteiger partial charge in [-0.25, -0.2) is 4.39 Å². The molecule has 0 aliphatic heterocycles. The average molecular weight is 325 g/mol. The molecule has 2 aromatic carbocycles. The monoisotopic (exact) mass is 325 g/mol. The molecule has 0 aliphatic rings. The number of thioether (sulfide) groups is 1. The summed E-state index contributed by atoms with van der Waals surface area (Å²) in [6, 6.07) is 16.6. The zero-order chi connectivity index (χ0) is 16.1. The van der Waals surface area contributed by atoms with Gasteiger partial charge in [0.1, 0.15) is 5.82 Å². The first-order chi connectivity index (χ1) is 11.3. The number of nitrogens with zero attached hydrogens (tertiary/aromatic N) is 3. The lowest BCUT2D eigenvalue weighted by atomic mass is 10.2. The van der Waals surface area contributed by atoms with Crippen molar-refractivity contribution >= 4 is 11.8 Å². The van der Waals surface area contributed by atoms with Crippen LogP contribution in [-0.2, 0) is 6.54 Å². The predicted molar refractivity (Wildman–Crippen MR) is 91.9 cm³/mol. The Hall–Kier alpha value is -2.40. The summed E-state index contributed by atoms with van der Waals surface area (Å²) in [5, 5.41) is 9.20. The van der Waals surface area contributed by atoms with Gasteiger partial charge in [-0.2, -0.15) is 0 Å². The Morgan fingerprint density at radius 3 is 2.52 bits per heavy atom. The first kappa shape index (κ1) is 15.5. The van der Waals surface area contributed by atoms with Crippen molar-refractivity contribution < 1.29 is 4.39 Å². The van der Waals surface area contributed by atoms with E-state index in [1.165, 1.54) is 17.8 Å². The molecule has 1 heterocycles. The zero-order valence-electron chi connectivity index (χ0n) is 12.5. The molecule has 0 aliphatic carbocycles. The minimum absolute atomic E-state index is 0.297. The maximum absolute atomic E-state index is 14.2. The smallest absolute Gasteiger partial charge is 0.192 e. The van der Waals surface area contributed by atoms with Crippen LogP contribution in [0.1, 0.15) is 5.56 Å². The number of benzene rings is 2. The number of hydrogen-bond donors (Lipinski definition) is 0. The number of hydrogen-bond acceptors (Lipinski definition) is 3. The van der Waals surface area contributed by atoms with Crippen LogP contribution in [0, 0.1) is 5.82 Å². The number of aromatic nitrogens is 3. The van der Waals surface area contributed by atoms with E-state index >= 15 is 0 Å². The molecular formula is C18H16FN3S. The maximum Gasteiger partial charge on any atom is 0.192 e. The molecule has 0 fully saturated rings. The van der Waals surface area contributed by atoms with Crippen LogP contribution in [0.5, 0.6) is 0 Å². The summed E-state index contributed by atoms with van der Waals surface area (Å²) in [7, 11) is 0. The van der Waals surface area contributed by atoms with E-state index in [1.807, 2.05) is 41.0 Å². The standard InChI is InChI=1S/C18H16FN3S/c1-2-12-23-18-21-20-17(15-10-6-7-11-16(15)19)22(18)13-14-8-4-3-5-9-14/h2-11H,1,12-13H2. The molecule has 3 nitrogen and oxygen atoms in total. The van der Waals surface area contributed by atoms with E-state index in [0.29, 0.717) is 17.9 Å². The van der Waals surface area contributed by atoms with Crippen molar-refractivity contribution in [1.82, 2.24) is 14.8 Å². The topological polar surface area (TPSA) is 30.7 Å². The Kier molecular flexibility index (Phi) is 4.88. The van der Waals surface area contributed by atoms with E-state index in [2.05, 4.69) is 16.8 Å². The Morgan fingerprint density at radius 1 is 1.04 bits per heavy atom. The largest absolute Gasteiger partial charge is 0.297 e. The molecule has 23 heavy (non-hydrogen) atoms. The van der Waals surface area contributed by atoms with E-state index < -0.39 is 0 Å². The molecule has 0 amide bonds. The van der Waals surface area contributed by atoms with E-state index in [-0.39, 0.29) is 5.82 Å². The molecule has 1 aromatic heterocycles. The number of rotatable bonds is 6. The van der Waals surface area contributed by atoms with Crippen LogP contribution in [0.25, 0.3) is 11.4 Å². The van der Waals surface area contributed by atoms with Crippen LogP contribution in [0.2, 0.25) is 0 Å². The molecule has 0 N–H and O–H groups in total. The molecule has 0 radical (unpaired) electrons. The second-order valence-electron chi connectivity index (χ2n) is 4.96. The molecule has 0 unspecified atom stereocenters. The first-order valence-corrected chi connectivity index (χ1v) is 8.24. The molecule has 0 atom stereocenters. The second-order valence-corrected chi connectivity index (χ2v) is 5.94. The van der Waals surface area contributed by atoms with Crippen molar-refractivity contribution in [3.63, 3.8) is 0 Å². The van der Waals surface area contributed by atoms with Gasteiger partial charge in [0.05, 0.1) is 12.1 Å². The summed E-state index contributed by atoms with van der Waals surface area (Å²) in [6.07, 6.45) is 1.81. The summed E-state index contributed by atoms with van der Waals surface area (Å²) >= 11 is 1.54. The van der Waals surface area contributed by atoms with E-state index in [9.17, 15) is 4.39 Å². The Morgan fingerprint density at radius 2 is 1.78 bits per heavy atom. The molecule has 5 heteroatoms. The molecule has 0 saturated carbocycles. The summed E-state index contributed by atoms with van der Waals surface area (Å²) in [5.41, 5.74) is 1.58. The molecule has 0 bridgehead atoms. The summed E-state index contributed by atoms with van der Waals surface area (Å²) in [6.45, 7) is 4.32. The lowest BCUT2D eigenvalue weighted by Gasteiger charge is -2.10. The van der Waals surface area contributed by atoms with E-state index in [0.717, 1.165) is 16.5 Å². The van der Waals surface area contributed by atoms with Gasteiger partial charge in [-0.3, -0.25) is 4.57 Å². The highest BCUT2D eigenvalue weighted by atomic mass is 32.2.